The van der Waals surface area contributed by atoms with Gasteiger partial charge in [-0.2, -0.15) is 0 Å². The monoisotopic (exact) mass is 457 g/mol. The summed E-state index contributed by atoms with van der Waals surface area (Å²) in [6.07, 6.45) is 3.56. The van der Waals surface area contributed by atoms with E-state index in [9.17, 15) is 4.79 Å². The molecule has 2 heterocycles. The van der Waals surface area contributed by atoms with Crippen LogP contribution in [0.4, 0.5) is 0 Å². The van der Waals surface area contributed by atoms with Crippen LogP contribution in [0.1, 0.15) is 53.3 Å². The minimum atomic E-state index is -0.0559. The van der Waals surface area contributed by atoms with Crippen molar-refractivity contribution in [3.63, 3.8) is 0 Å². The molecule has 0 aliphatic carbocycles. The first-order chi connectivity index (χ1) is 15.0. The average molecular weight is 458 g/mol. The number of hydrogen-bond donors (Lipinski definition) is 0. The smallest absolute Gasteiger partial charge is 0.275 e. The molecule has 3 aromatic rings. The molecule has 0 saturated carbocycles. The van der Waals surface area contributed by atoms with Gasteiger partial charge in [-0.3, -0.25) is 9.69 Å². The number of rotatable bonds is 7. The molecule has 0 unspecified atom stereocenters. The number of amides is 1. The number of hydrogen-bond acceptors (Lipinski definition) is 4. The Balaban J connectivity index is 1.55. The van der Waals surface area contributed by atoms with Gasteiger partial charge in [-0.05, 0) is 43.0 Å². The number of aromatic nitrogens is 1. The summed E-state index contributed by atoms with van der Waals surface area (Å²) in [7, 11) is 0. The second-order valence-corrected chi connectivity index (χ2v) is 8.68. The fourth-order valence-electron chi connectivity index (χ4n) is 3.88. The van der Waals surface area contributed by atoms with E-state index < -0.39 is 0 Å². The van der Waals surface area contributed by atoms with Crippen LogP contribution in [0.2, 0.25) is 10.0 Å². The van der Waals surface area contributed by atoms with E-state index in [0.29, 0.717) is 34.7 Å². The quantitative estimate of drug-likeness (QED) is 0.437. The zero-order valence-corrected chi connectivity index (χ0v) is 18.9. The molecule has 1 aliphatic rings. The van der Waals surface area contributed by atoms with Crippen LogP contribution < -0.4 is 0 Å². The van der Waals surface area contributed by atoms with Gasteiger partial charge < -0.3 is 9.32 Å². The van der Waals surface area contributed by atoms with Gasteiger partial charge in [-0.1, -0.05) is 59.6 Å². The van der Waals surface area contributed by atoms with E-state index in [-0.39, 0.29) is 11.9 Å². The molecule has 1 amide bonds. The van der Waals surface area contributed by atoms with Gasteiger partial charge in [0.15, 0.2) is 5.69 Å². The molecule has 0 radical (unpaired) electrons. The Hall–Kier alpha value is -2.34. The summed E-state index contributed by atoms with van der Waals surface area (Å²) in [5.41, 5.74) is 2.60. The zero-order chi connectivity index (χ0) is 21.8. The minimum absolute atomic E-state index is 0.0559. The highest BCUT2D eigenvalue weighted by molar-refractivity contribution is 6.42. The Morgan fingerprint density at radius 2 is 1.84 bits per heavy atom. The number of carbonyl (C=O) groups excluding carboxylic acids is 1. The molecule has 2 aromatic carbocycles. The van der Waals surface area contributed by atoms with Crippen molar-refractivity contribution in [1.29, 1.82) is 0 Å². The van der Waals surface area contributed by atoms with E-state index >= 15 is 0 Å². The van der Waals surface area contributed by atoms with Gasteiger partial charge in [-0.15, -0.1) is 0 Å². The Kier molecular flexibility index (Phi) is 6.96. The number of halogens is 2. The normalized spacial score (nSPS) is 14.9. The SMILES string of the molecule is C[C@H](c1ccccc1)N(Cc1ccc(Cl)c(Cl)c1)Cc1nc(C(=O)N2CCCC2)co1. The topological polar surface area (TPSA) is 49.6 Å². The molecular weight excluding hydrogens is 433 g/mol. The Morgan fingerprint density at radius 3 is 2.55 bits per heavy atom. The van der Waals surface area contributed by atoms with Gasteiger partial charge >= 0.3 is 0 Å². The largest absolute Gasteiger partial charge is 0.447 e. The van der Waals surface area contributed by atoms with Crippen molar-refractivity contribution in [2.75, 3.05) is 13.1 Å². The Bertz CT molecular complexity index is 1030. The maximum Gasteiger partial charge on any atom is 0.275 e. The highest BCUT2D eigenvalue weighted by atomic mass is 35.5. The summed E-state index contributed by atoms with van der Waals surface area (Å²) in [4.78, 5) is 21.2. The van der Waals surface area contributed by atoms with Crippen LogP contribution in [-0.2, 0) is 13.1 Å². The molecule has 0 spiro atoms. The summed E-state index contributed by atoms with van der Waals surface area (Å²) in [5.74, 6) is 0.463. The van der Waals surface area contributed by atoms with Crippen LogP contribution in [0, 0.1) is 0 Å². The Morgan fingerprint density at radius 1 is 1.10 bits per heavy atom. The van der Waals surface area contributed by atoms with Crippen LogP contribution in [0.3, 0.4) is 0 Å². The summed E-state index contributed by atoms with van der Waals surface area (Å²) >= 11 is 12.3. The summed E-state index contributed by atoms with van der Waals surface area (Å²) < 4.78 is 5.69. The predicted molar refractivity (Wildman–Crippen MR) is 122 cm³/mol. The molecule has 7 heteroatoms. The lowest BCUT2D eigenvalue weighted by molar-refractivity contribution is 0.0787. The molecule has 5 nitrogen and oxygen atoms in total. The average Bonchev–Trinajstić information content (AvgIpc) is 3.48. The first-order valence-corrected chi connectivity index (χ1v) is 11.2. The van der Waals surface area contributed by atoms with Crippen LogP contribution >= 0.6 is 23.2 Å². The fourth-order valence-corrected chi connectivity index (χ4v) is 4.20. The molecule has 1 aromatic heterocycles. The molecule has 4 rings (SSSR count). The van der Waals surface area contributed by atoms with Gasteiger partial charge in [0.05, 0.1) is 16.6 Å². The van der Waals surface area contributed by atoms with Gasteiger partial charge in [0.2, 0.25) is 5.89 Å². The third kappa shape index (κ3) is 5.29. The van der Waals surface area contributed by atoms with Crippen LogP contribution in [0.5, 0.6) is 0 Å². The van der Waals surface area contributed by atoms with Crippen molar-refractivity contribution in [3.05, 3.63) is 87.6 Å². The van der Waals surface area contributed by atoms with Crippen molar-refractivity contribution >= 4 is 29.1 Å². The number of carbonyl (C=O) groups is 1. The van der Waals surface area contributed by atoms with Crippen molar-refractivity contribution in [2.24, 2.45) is 0 Å². The second kappa shape index (κ2) is 9.86. The van der Waals surface area contributed by atoms with E-state index in [0.717, 1.165) is 31.5 Å². The number of likely N-dealkylation sites (tertiary alicyclic amines) is 1. The molecule has 1 atom stereocenters. The summed E-state index contributed by atoms with van der Waals surface area (Å²) in [5, 5.41) is 1.06. The molecular formula is C24H25Cl2N3O2. The molecule has 0 bridgehead atoms. The number of oxazole rings is 1. The molecule has 162 valence electrons. The molecule has 1 aliphatic heterocycles. The van der Waals surface area contributed by atoms with E-state index in [1.54, 1.807) is 0 Å². The summed E-state index contributed by atoms with van der Waals surface area (Å²) in [6.45, 7) is 4.81. The number of benzene rings is 2. The number of nitrogens with zero attached hydrogens (tertiary/aromatic N) is 3. The third-order valence-corrected chi connectivity index (χ3v) is 6.44. The minimum Gasteiger partial charge on any atom is -0.447 e. The molecule has 1 saturated heterocycles. The van der Waals surface area contributed by atoms with Crippen LogP contribution in [-0.4, -0.2) is 33.8 Å². The maximum absolute atomic E-state index is 12.6. The third-order valence-electron chi connectivity index (χ3n) is 5.70. The zero-order valence-electron chi connectivity index (χ0n) is 17.4. The van der Waals surface area contributed by atoms with E-state index in [1.165, 1.54) is 11.8 Å². The highest BCUT2D eigenvalue weighted by Gasteiger charge is 2.24. The van der Waals surface area contributed by atoms with Crippen molar-refractivity contribution in [3.8, 4) is 0 Å². The summed E-state index contributed by atoms with van der Waals surface area (Å²) in [6, 6.07) is 16.0. The molecule has 31 heavy (non-hydrogen) atoms. The molecule has 0 N–H and O–H groups in total. The van der Waals surface area contributed by atoms with Crippen LogP contribution in [0.15, 0.2) is 59.2 Å². The second-order valence-electron chi connectivity index (χ2n) is 7.87. The standard InChI is InChI=1S/C24H25Cl2N3O2/c1-17(19-7-3-2-4-8-19)29(14-18-9-10-20(25)21(26)13-18)15-23-27-22(16-31-23)24(30)28-11-5-6-12-28/h2-4,7-10,13,16-17H,5-6,11-12,14-15H2,1H3/t17-/m1/s1. The lowest BCUT2D eigenvalue weighted by atomic mass is 10.1. The van der Waals surface area contributed by atoms with Gasteiger partial charge in [0, 0.05) is 25.7 Å². The predicted octanol–water partition coefficient (Wildman–Crippen LogP) is 5.98. The maximum atomic E-state index is 12.6. The first kappa shape index (κ1) is 21.9. The highest BCUT2D eigenvalue weighted by Crippen LogP contribution is 2.28. The van der Waals surface area contributed by atoms with E-state index in [1.807, 2.05) is 41.3 Å². The van der Waals surface area contributed by atoms with Gasteiger partial charge in [0.25, 0.3) is 5.91 Å². The van der Waals surface area contributed by atoms with Gasteiger partial charge in [-0.25, -0.2) is 4.98 Å². The fraction of sp³-hybridized carbons (Fsp3) is 0.333. The van der Waals surface area contributed by atoms with Crippen molar-refractivity contribution < 1.29 is 9.21 Å². The van der Waals surface area contributed by atoms with E-state index in [2.05, 4.69) is 28.9 Å². The lowest BCUT2D eigenvalue weighted by Gasteiger charge is -2.28. The van der Waals surface area contributed by atoms with Crippen molar-refractivity contribution in [1.82, 2.24) is 14.8 Å². The molecule has 1 fully saturated rings. The Labute approximate surface area is 192 Å². The lowest BCUT2D eigenvalue weighted by Crippen LogP contribution is -2.28. The van der Waals surface area contributed by atoms with Crippen LogP contribution in [0.25, 0.3) is 0 Å². The van der Waals surface area contributed by atoms with E-state index in [4.69, 9.17) is 27.6 Å². The first-order valence-electron chi connectivity index (χ1n) is 10.5. The van der Waals surface area contributed by atoms with Gasteiger partial charge in [0.1, 0.15) is 6.26 Å². The van der Waals surface area contributed by atoms with Crippen molar-refractivity contribution in [2.45, 2.75) is 38.9 Å².